The zero-order chi connectivity index (χ0) is 20.1. The van der Waals surface area contributed by atoms with Crippen LogP contribution >= 0.6 is 0 Å². The Morgan fingerprint density at radius 2 is 1.64 bits per heavy atom. The highest BCUT2D eigenvalue weighted by Crippen LogP contribution is 2.17. The van der Waals surface area contributed by atoms with E-state index in [9.17, 15) is 19.8 Å². The Labute approximate surface area is 161 Å². The number of aromatic hydroxyl groups is 1. The molecule has 0 spiro atoms. The van der Waals surface area contributed by atoms with Gasteiger partial charge in [-0.05, 0) is 54.4 Å². The summed E-state index contributed by atoms with van der Waals surface area (Å²) in [6.45, 7) is 1.93. The van der Waals surface area contributed by atoms with Crippen molar-refractivity contribution >= 4 is 11.9 Å². The number of carboxylic acid groups (broad SMARTS) is 1. The molecule has 0 radical (unpaired) electrons. The lowest BCUT2D eigenvalue weighted by Crippen LogP contribution is -2.42. The number of amides is 1. The van der Waals surface area contributed by atoms with E-state index >= 15 is 0 Å². The van der Waals surface area contributed by atoms with Crippen LogP contribution in [0.25, 0.3) is 11.4 Å². The van der Waals surface area contributed by atoms with E-state index in [0.29, 0.717) is 22.5 Å². The summed E-state index contributed by atoms with van der Waals surface area (Å²) >= 11 is 0. The minimum absolute atomic E-state index is 0.0914. The number of phenolic OH excluding ortho intramolecular Hbond substituents is 1. The standard InChI is InChI=1S/C21H19N3O4/c1-13-6-8-22-17(10-13)18-12-15(7-9-23-18)20(26)24-19(21(27)28)11-14-2-4-16(25)5-3-14/h2-10,12,19,25H,11H2,1H3,(H,24,26)(H,27,28)/t19-/m0/s1. The van der Waals surface area contributed by atoms with E-state index in [2.05, 4.69) is 15.3 Å². The van der Waals surface area contributed by atoms with Crippen molar-refractivity contribution in [3.05, 3.63) is 77.6 Å². The Kier molecular flexibility index (Phi) is 5.64. The molecule has 0 aliphatic heterocycles. The van der Waals surface area contributed by atoms with Gasteiger partial charge >= 0.3 is 5.97 Å². The number of carbonyl (C=O) groups is 2. The first-order valence-corrected chi connectivity index (χ1v) is 8.63. The van der Waals surface area contributed by atoms with Crippen LogP contribution in [-0.2, 0) is 11.2 Å². The van der Waals surface area contributed by atoms with E-state index in [0.717, 1.165) is 5.56 Å². The first kappa shape index (κ1) is 19.0. The fourth-order valence-electron chi connectivity index (χ4n) is 2.70. The van der Waals surface area contributed by atoms with Crippen molar-refractivity contribution in [3.8, 4) is 17.1 Å². The number of carboxylic acids is 1. The van der Waals surface area contributed by atoms with Gasteiger partial charge in [-0.3, -0.25) is 14.8 Å². The average molecular weight is 377 g/mol. The molecule has 28 heavy (non-hydrogen) atoms. The van der Waals surface area contributed by atoms with Crippen LogP contribution in [0.1, 0.15) is 21.5 Å². The lowest BCUT2D eigenvalue weighted by Gasteiger charge is -2.15. The summed E-state index contributed by atoms with van der Waals surface area (Å²) in [7, 11) is 0. The number of phenols is 1. The smallest absolute Gasteiger partial charge is 0.326 e. The Balaban J connectivity index is 1.77. The van der Waals surface area contributed by atoms with Gasteiger partial charge in [-0.15, -0.1) is 0 Å². The molecule has 1 aromatic carbocycles. The summed E-state index contributed by atoms with van der Waals surface area (Å²) in [5.41, 5.74) is 3.16. The third kappa shape index (κ3) is 4.70. The Bertz CT molecular complexity index is 1000. The van der Waals surface area contributed by atoms with Crippen molar-refractivity contribution in [2.75, 3.05) is 0 Å². The van der Waals surface area contributed by atoms with E-state index in [1.807, 2.05) is 19.1 Å². The zero-order valence-corrected chi connectivity index (χ0v) is 15.2. The monoisotopic (exact) mass is 377 g/mol. The maximum Gasteiger partial charge on any atom is 0.326 e. The summed E-state index contributed by atoms with van der Waals surface area (Å²) in [4.78, 5) is 32.7. The number of nitrogens with zero attached hydrogens (tertiary/aromatic N) is 2. The molecule has 2 heterocycles. The van der Waals surface area contributed by atoms with Gasteiger partial charge in [0.1, 0.15) is 11.8 Å². The quantitative estimate of drug-likeness (QED) is 0.609. The Morgan fingerprint density at radius 3 is 2.29 bits per heavy atom. The number of nitrogens with one attached hydrogen (secondary N) is 1. The summed E-state index contributed by atoms with van der Waals surface area (Å²) in [6.07, 6.45) is 3.25. The maximum absolute atomic E-state index is 12.6. The fourth-order valence-corrected chi connectivity index (χ4v) is 2.70. The number of carbonyl (C=O) groups excluding carboxylic acids is 1. The number of rotatable bonds is 6. The summed E-state index contributed by atoms with van der Waals surface area (Å²) < 4.78 is 0. The van der Waals surface area contributed by atoms with Crippen LogP contribution in [0.5, 0.6) is 5.75 Å². The minimum atomic E-state index is -1.14. The number of aliphatic carboxylic acids is 1. The number of aromatic nitrogens is 2. The van der Waals surface area contributed by atoms with E-state index in [1.54, 1.807) is 24.4 Å². The van der Waals surface area contributed by atoms with Gasteiger partial charge in [0.2, 0.25) is 0 Å². The van der Waals surface area contributed by atoms with Gasteiger partial charge < -0.3 is 15.5 Å². The van der Waals surface area contributed by atoms with Gasteiger partial charge in [-0.2, -0.15) is 0 Å². The topological polar surface area (TPSA) is 112 Å². The van der Waals surface area contributed by atoms with Crippen LogP contribution in [0.4, 0.5) is 0 Å². The van der Waals surface area contributed by atoms with Crippen molar-refractivity contribution in [2.24, 2.45) is 0 Å². The number of hydrogen-bond acceptors (Lipinski definition) is 5. The average Bonchev–Trinajstić information content (AvgIpc) is 2.69. The molecule has 3 aromatic rings. The summed E-state index contributed by atoms with van der Waals surface area (Å²) in [5.74, 6) is -1.56. The lowest BCUT2D eigenvalue weighted by molar-refractivity contribution is -0.139. The van der Waals surface area contributed by atoms with Crippen molar-refractivity contribution in [2.45, 2.75) is 19.4 Å². The van der Waals surface area contributed by atoms with Crippen molar-refractivity contribution in [1.82, 2.24) is 15.3 Å². The fraction of sp³-hybridized carbons (Fsp3) is 0.143. The molecule has 142 valence electrons. The molecule has 1 atom stereocenters. The second-order valence-corrected chi connectivity index (χ2v) is 6.38. The van der Waals surface area contributed by atoms with Crippen molar-refractivity contribution in [1.29, 1.82) is 0 Å². The van der Waals surface area contributed by atoms with Crippen LogP contribution in [-0.4, -0.2) is 38.1 Å². The maximum atomic E-state index is 12.6. The van der Waals surface area contributed by atoms with Crippen molar-refractivity contribution in [3.63, 3.8) is 0 Å². The van der Waals surface area contributed by atoms with Gasteiger partial charge in [-0.25, -0.2) is 4.79 Å². The third-order valence-corrected chi connectivity index (χ3v) is 4.18. The zero-order valence-electron chi connectivity index (χ0n) is 15.2. The molecule has 7 heteroatoms. The third-order valence-electron chi connectivity index (χ3n) is 4.18. The van der Waals surface area contributed by atoms with E-state index in [-0.39, 0.29) is 12.2 Å². The predicted molar refractivity (Wildman–Crippen MR) is 103 cm³/mol. The minimum Gasteiger partial charge on any atom is -0.508 e. The van der Waals surface area contributed by atoms with E-state index in [4.69, 9.17) is 0 Å². The molecule has 0 fully saturated rings. The number of benzene rings is 1. The van der Waals surface area contributed by atoms with Crippen LogP contribution in [0.15, 0.2) is 60.9 Å². The van der Waals surface area contributed by atoms with Crippen LogP contribution in [0.3, 0.4) is 0 Å². The van der Waals surface area contributed by atoms with Gasteiger partial charge in [0.15, 0.2) is 0 Å². The predicted octanol–water partition coefficient (Wildman–Crippen LogP) is 2.58. The highest BCUT2D eigenvalue weighted by atomic mass is 16.4. The highest BCUT2D eigenvalue weighted by molar-refractivity contribution is 5.97. The van der Waals surface area contributed by atoms with Gasteiger partial charge in [-0.1, -0.05) is 12.1 Å². The van der Waals surface area contributed by atoms with Crippen molar-refractivity contribution < 1.29 is 19.8 Å². The summed E-state index contributed by atoms with van der Waals surface area (Å²) in [6, 6.07) is 11.9. The molecular weight excluding hydrogens is 358 g/mol. The molecule has 0 unspecified atom stereocenters. The Morgan fingerprint density at radius 1 is 1.00 bits per heavy atom. The van der Waals surface area contributed by atoms with Gasteiger partial charge in [0, 0.05) is 24.4 Å². The highest BCUT2D eigenvalue weighted by Gasteiger charge is 2.21. The SMILES string of the molecule is Cc1ccnc(-c2cc(C(=O)N[C@@H](Cc3ccc(O)cc3)C(=O)O)ccn2)c1. The van der Waals surface area contributed by atoms with Gasteiger partial charge in [0.25, 0.3) is 5.91 Å². The molecule has 0 saturated carbocycles. The van der Waals surface area contributed by atoms with Crippen LogP contribution < -0.4 is 5.32 Å². The number of hydrogen-bond donors (Lipinski definition) is 3. The molecule has 3 rings (SSSR count). The molecule has 3 N–H and O–H groups in total. The molecule has 0 bridgehead atoms. The largest absolute Gasteiger partial charge is 0.508 e. The number of pyridine rings is 2. The normalized spacial score (nSPS) is 11.6. The molecular formula is C21H19N3O4. The molecule has 0 aliphatic rings. The van der Waals surface area contributed by atoms with E-state index < -0.39 is 17.9 Å². The molecule has 2 aromatic heterocycles. The number of aryl methyl sites for hydroxylation is 1. The molecule has 7 nitrogen and oxygen atoms in total. The second kappa shape index (κ2) is 8.30. The Hall–Kier alpha value is -3.74. The first-order chi connectivity index (χ1) is 13.4. The summed E-state index contributed by atoms with van der Waals surface area (Å²) in [5, 5.41) is 21.3. The molecule has 0 saturated heterocycles. The van der Waals surface area contributed by atoms with Crippen LogP contribution in [0.2, 0.25) is 0 Å². The lowest BCUT2D eigenvalue weighted by atomic mass is 10.0. The van der Waals surface area contributed by atoms with Crippen LogP contribution in [0, 0.1) is 6.92 Å². The second-order valence-electron chi connectivity index (χ2n) is 6.38. The molecule has 1 amide bonds. The first-order valence-electron chi connectivity index (χ1n) is 8.63. The van der Waals surface area contributed by atoms with Gasteiger partial charge in [0.05, 0.1) is 11.4 Å². The molecule has 0 aliphatic carbocycles. The van der Waals surface area contributed by atoms with E-state index in [1.165, 1.54) is 24.4 Å².